The Labute approximate surface area is 157 Å². The van der Waals surface area contributed by atoms with Gasteiger partial charge in [-0.15, -0.1) is 11.3 Å². The van der Waals surface area contributed by atoms with Crippen molar-refractivity contribution in [2.24, 2.45) is 0 Å². The molecule has 1 aromatic carbocycles. The molecule has 1 saturated heterocycles. The van der Waals surface area contributed by atoms with Gasteiger partial charge in [0, 0.05) is 36.7 Å². The number of anilines is 1. The first-order valence-electron chi connectivity index (χ1n) is 9.16. The molecule has 0 bridgehead atoms. The van der Waals surface area contributed by atoms with Gasteiger partial charge in [-0.25, -0.2) is 4.98 Å². The number of aryl methyl sites for hydroxylation is 2. The van der Waals surface area contributed by atoms with E-state index < -0.39 is 0 Å². The summed E-state index contributed by atoms with van der Waals surface area (Å²) < 4.78 is 1.75. The minimum atomic E-state index is 0.0760. The molecule has 0 unspecified atom stereocenters. The van der Waals surface area contributed by atoms with E-state index >= 15 is 0 Å². The molecule has 0 aliphatic carbocycles. The molecular formula is C20H24N4OS. The number of hydrogen-bond donors (Lipinski definition) is 0. The summed E-state index contributed by atoms with van der Waals surface area (Å²) in [5.74, 6) is 0. The molecule has 6 heteroatoms. The number of piperazine rings is 1. The van der Waals surface area contributed by atoms with Crippen molar-refractivity contribution in [3.63, 3.8) is 0 Å². The van der Waals surface area contributed by atoms with Crippen LogP contribution in [0.3, 0.4) is 0 Å². The zero-order chi connectivity index (χ0) is 18.1. The van der Waals surface area contributed by atoms with E-state index in [9.17, 15) is 4.79 Å². The molecule has 1 aliphatic heterocycles. The van der Waals surface area contributed by atoms with Gasteiger partial charge in [-0.05, 0) is 37.1 Å². The highest BCUT2D eigenvalue weighted by molar-refractivity contribution is 7.18. The summed E-state index contributed by atoms with van der Waals surface area (Å²) >= 11 is 1.62. The third kappa shape index (κ3) is 3.39. The Kier molecular flexibility index (Phi) is 4.78. The van der Waals surface area contributed by atoms with Gasteiger partial charge in [0.25, 0.3) is 5.56 Å². The van der Waals surface area contributed by atoms with Gasteiger partial charge in [-0.3, -0.25) is 14.3 Å². The molecule has 5 nitrogen and oxygen atoms in total. The van der Waals surface area contributed by atoms with Crippen LogP contribution in [0.5, 0.6) is 0 Å². The molecule has 136 valence electrons. The van der Waals surface area contributed by atoms with Crippen molar-refractivity contribution in [1.82, 2.24) is 14.5 Å². The SMILES string of the molecule is CCc1cc2c(=O)n(CN3CCN(c4cccc(C)c4)CC3)cnc2s1. The van der Waals surface area contributed by atoms with Crippen LogP contribution in [0.4, 0.5) is 5.69 Å². The minimum Gasteiger partial charge on any atom is -0.369 e. The fourth-order valence-electron chi connectivity index (χ4n) is 3.47. The predicted octanol–water partition coefficient (Wildman–Crippen LogP) is 3.11. The summed E-state index contributed by atoms with van der Waals surface area (Å²) in [6, 6.07) is 10.7. The van der Waals surface area contributed by atoms with Gasteiger partial charge in [-0.1, -0.05) is 19.1 Å². The molecule has 26 heavy (non-hydrogen) atoms. The first kappa shape index (κ1) is 17.2. The summed E-state index contributed by atoms with van der Waals surface area (Å²) in [6.07, 6.45) is 2.65. The Morgan fingerprint density at radius 3 is 2.69 bits per heavy atom. The number of thiophene rings is 1. The standard InChI is InChI=1S/C20H24N4OS/c1-3-17-12-18-19(26-17)21-13-24(20(18)25)14-22-7-9-23(10-8-22)16-6-4-5-15(2)11-16/h4-6,11-13H,3,7-10,14H2,1-2H3. The van der Waals surface area contributed by atoms with E-state index in [1.165, 1.54) is 16.1 Å². The van der Waals surface area contributed by atoms with E-state index in [1.807, 2.05) is 6.07 Å². The normalized spacial score (nSPS) is 15.7. The van der Waals surface area contributed by atoms with Crippen LogP contribution in [0.1, 0.15) is 17.4 Å². The van der Waals surface area contributed by atoms with Gasteiger partial charge in [0.15, 0.2) is 0 Å². The predicted molar refractivity (Wildman–Crippen MR) is 108 cm³/mol. The molecule has 3 aromatic rings. The Morgan fingerprint density at radius 1 is 1.15 bits per heavy atom. The fraction of sp³-hybridized carbons (Fsp3) is 0.400. The molecule has 1 aliphatic rings. The second kappa shape index (κ2) is 7.21. The van der Waals surface area contributed by atoms with Crippen LogP contribution in [0.2, 0.25) is 0 Å². The van der Waals surface area contributed by atoms with Gasteiger partial charge in [0.2, 0.25) is 0 Å². The van der Waals surface area contributed by atoms with Gasteiger partial charge in [-0.2, -0.15) is 0 Å². The maximum Gasteiger partial charge on any atom is 0.263 e. The summed E-state index contributed by atoms with van der Waals surface area (Å²) in [5, 5.41) is 0.757. The molecule has 2 aromatic heterocycles. The van der Waals surface area contributed by atoms with E-state index in [0.717, 1.165) is 42.8 Å². The molecule has 1 fully saturated rings. The van der Waals surface area contributed by atoms with Crippen molar-refractivity contribution in [3.05, 3.63) is 57.5 Å². The topological polar surface area (TPSA) is 41.4 Å². The number of aromatic nitrogens is 2. The van der Waals surface area contributed by atoms with E-state index in [1.54, 1.807) is 22.2 Å². The van der Waals surface area contributed by atoms with E-state index in [4.69, 9.17) is 0 Å². The Bertz CT molecular complexity index is 969. The molecule has 3 heterocycles. The number of rotatable bonds is 4. The number of hydrogen-bond acceptors (Lipinski definition) is 5. The van der Waals surface area contributed by atoms with Crippen molar-refractivity contribution < 1.29 is 0 Å². The molecule has 0 saturated carbocycles. The first-order chi connectivity index (χ1) is 12.6. The monoisotopic (exact) mass is 368 g/mol. The molecule has 0 amide bonds. The molecular weight excluding hydrogens is 344 g/mol. The molecule has 4 rings (SSSR count). The van der Waals surface area contributed by atoms with Crippen LogP contribution in [0.15, 0.2) is 41.5 Å². The highest BCUT2D eigenvalue weighted by atomic mass is 32.1. The van der Waals surface area contributed by atoms with Crippen LogP contribution >= 0.6 is 11.3 Å². The van der Waals surface area contributed by atoms with E-state index in [2.05, 4.69) is 52.9 Å². The molecule has 0 radical (unpaired) electrons. The third-order valence-electron chi connectivity index (χ3n) is 5.01. The maximum atomic E-state index is 12.7. The van der Waals surface area contributed by atoms with Crippen molar-refractivity contribution in [3.8, 4) is 0 Å². The maximum absolute atomic E-state index is 12.7. The Hall–Kier alpha value is -2.18. The molecule has 0 spiro atoms. The highest BCUT2D eigenvalue weighted by Gasteiger charge is 2.18. The van der Waals surface area contributed by atoms with Crippen LogP contribution in [-0.4, -0.2) is 40.6 Å². The average molecular weight is 369 g/mol. The third-order valence-corrected chi connectivity index (χ3v) is 6.20. The van der Waals surface area contributed by atoms with Crippen LogP contribution in [0.25, 0.3) is 10.2 Å². The van der Waals surface area contributed by atoms with Crippen molar-refractivity contribution in [1.29, 1.82) is 0 Å². The highest BCUT2D eigenvalue weighted by Crippen LogP contribution is 2.21. The number of fused-ring (bicyclic) bond motifs is 1. The van der Waals surface area contributed by atoms with Crippen molar-refractivity contribution in [2.45, 2.75) is 26.9 Å². The number of benzene rings is 1. The lowest BCUT2D eigenvalue weighted by Gasteiger charge is -2.36. The molecule has 0 atom stereocenters. The summed E-state index contributed by atoms with van der Waals surface area (Å²) in [7, 11) is 0. The second-order valence-electron chi connectivity index (χ2n) is 6.89. The van der Waals surface area contributed by atoms with Crippen molar-refractivity contribution in [2.75, 3.05) is 31.1 Å². The van der Waals surface area contributed by atoms with Gasteiger partial charge < -0.3 is 4.90 Å². The van der Waals surface area contributed by atoms with Gasteiger partial charge >= 0.3 is 0 Å². The molecule has 0 N–H and O–H groups in total. The average Bonchev–Trinajstić information content (AvgIpc) is 3.09. The number of nitrogens with zero attached hydrogens (tertiary/aromatic N) is 4. The van der Waals surface area contributed by atoms with Crippen LogP contribution < -0.4 is 10.5 Å². The zero-order valence-electron chi connectivity index (χ0n) is 15.3. The van der Waals surface area contributed by atoms with E-state index in [-0.39, 0.29) is 5.56 Å². The second-order valence-corrected chi connectivity index (χ2v) is 8.01. The summed E-state index contributed by atoms with van der Waals surface area (Å²) in [6.45, 7) is 8.70. The van der Waals surface area contributed by atoms with Crippen LogP contribution in [-0.2, 0) is 13.1 Å². The Balaban J connectivity index is 1.45. The smallest absolute Gasteiger partial charge is 0.263 e. The summed E-state index contributed by atoms with van der Waals surface area (Å²) in [4.78, 5) is 24.1. The van der Waals surface area contributed by atoms with E-state index in [0.29, 0.717) is 6.67 Å². The van der Waals surface area contributed by atoms with Crippen molar-refractivity contribution >= 4 is 27.2 Å². The van der Waals surface area contributed by atoms with Crippen LogP contribution in [0, 0.1) is 6.92 Å². The van der Waals surface area contributed by atoms with Gasteiger partial charge in [0.1, 0.15) is 11.2 Å². The quantitative estimate of drug-likeness (QED) is 0.710. The Morgan fingerprint density at radius 2 is 1.96 bits per heavy atom. The summed E-state index contributed by atoms with van der Waals surface area (Å²) in [5.41, 5.74) is 2.65. The fourth-order valence-corrected chi connectivity index (χ4v) is 4.40. The lowest BCUT2D eigenvalue weighted by atomic mass is 10.2. The van der Waals surface area contributed by atoms with Gasteiger partial charge in [0.05, 0.1) is 12.1 Å². The lowest BCUT2D eigenvalue weighted by Crippen LogP contribution is -2.47. The largest absolute Gasteiger partial charge is 0.369 e. The minimum absolute atomic E-state index is 0.0760. The zero-order valence-corrected chi connectivity index (χ0v) is 16.1. The lowest BCUT2D eigenvalue weighted by molar-refractivity contribution is 0.203. The first-order valence-corrected chi connectivity index (χ1v) is 9.97.